The first kappa shape index (κ1) is 10.3. The first-order chi connectivity index (χ1) is 8.38. The van der Waals surface area contributed by atoms with Gasteiger partial charge in [0.15, 0.2) is 5.65 Å². The lowest BCUT2D eigenvalue weighted by molar-refractivity contribution is -0.119. The fourth-order valence-electron chi connectivity index (χ4n) is 2.44. The Morgan fingerprint density at radius 2 is 2.35 bits per heavy atom. The smallest absolute Gasteiger partial charge is 0.209 e. The summed E-state index contributed by atoms with van der Waals surface area (Å²) in [6, 6.07) is 4.14. The Balaban J connectivity index is 1.95. The van der Waals surface area contributed by atoms with Gasteiger partial charge in [-0.2, -0.15) is 0 Å². The minimum atomic E-state index is 0.300. The van der Waals surface area contributed by atoms with E-state index in [1.807, 2.05) is 23.4 Å². The van der Waals surface area contributed by atoms with Crippen LogP contribution in [0.1, 0.15) is 18.9 Å². The highest BCUT2D eigenvalue weighted by atomic mass is 16.1. The van der Waals surface area contributed by atoms with Crippen LogP contribution in [-0.2, 0) is 4.79 Å². The number of rotatable bonds is 2. The average molecular weight is 230 g/mol. The third-order valence-corrected chi connectivity index (χ3v) is 3.30. The van der Waals surface area contributed by atoms with Crippen LogP contribution >= 0.6 is 0 Å². The maximum Gasteiger partial charge on any atom is 0.209 e. The van der Waals surface area contributed by atoms with Gasteiger partial charge in [-0.05, 0) is 25.0 Å². The third kappa shape index (κ3) is 1.77. The molecule has 5 heteroatoms. The van der Waals surface area contributed by atoms with Gasteiger partial charge in [0.2, 0.25) is 6.41 Å². The Morgan fingerprint density at radius 3 is 3.24 bits per heavy atom. The van der Waals surface area contributed by atoms with E-state index in [9.17, 15) is 4.79 Å². The predicted molar refractivity (Wildman–Crippen MR) is 63.4 cm³/mol. The molecule has 0 radical (unpaired) electrons. The molecule has 1 aliphatic rings. The first-order valence-corrected chi connectivity index (χ1v) is 5.85. The zero-order valence-electron chi connectivity index (χ0n) is 9.49. The number of fused-ring (bicyclic) bond motifs is 1. The van der Waals surface area contributed by atoms with Crippen molar-refractivity contribution in [3.63, 3.8) is 0 Å². The normalized spacial score (nSPS) is 20.7. The van der Waals surface area contributed by atoms with Gasteiger partial charge in [-0.25, -0.2) is 9.97 Å². The van der Waals surface area contributed by atoms with Crippen molar-refractivity contribution < 1.29 is 4.79 Å². The first-order valence-electron chi connectivity index (χ1n) is 5.85. The van der Waals surface area contributed by atoms with Crippen LogP contribution in [0.25, 0.3) is 11.2 Å². The maximum atomic E-state index is 10.8. The lowest BCUT2D eigenvalue weighted by atomic mass is 10.1. The topological polar surface area (TPSA) is 51.0 Å². The highest BCUT2D eigenvalue weighted by Crippen LogP contribution is 2.23. The molecule has 0 aromatic carbocycles. The number of imidazole rings is 1. The zero-order valence-corrected chi connectivity index (χ0v) is 9.49. The molecule has 1 fully saturated rings. The summed E-state index contributed by atoms with van der Waals surface area (Å²) in [6.07, 6.45) is 6.65. The Bertz CT molecular complexity index is 536. The summed E-state index contributed by atoms with van der Waals surface area (Å²) < 4.78 is 2.09. The van der Waals surface area contributed by atoms with Crippen molar-refractivity contribution in [1.82, 2.24) is 19.4 Å². The highest BCUT2D eigenvalue weighted by Gasteiger charge is 2.21. The number of piperidine rings is 1. The molecule has 1 unspecified atom stereocenters. The minimum Gasteiger partial charge on any atom is -0.343 e. The van der Waals surface area contributed by atoms with Gasteiger partial charge in [-0.1, -0.05) is 0 Å². The molecule has 1 saturated heterocycles. The molecule has 0 aliphatic carbocycles. The molecule has 17 heavy (non-hydrogen) atoms. The molecule has 1 atom stereocenters. The van der Waals surface area contributed by atoms with E-state index in [4.69, 9.17) is 0 Å². The number of aromatic nitrogens is 3. The lowest BCUT2D eigenvalue weighted by Crippen LogP contribution is -2.35. The molecular weight excluding hydrogens is 216 g/mol. The van der Waals surface area contributed by atoms with Crippen LogP contribution in [0.2, 0.25) is 0 Å². The second-order valence-electron chi connectivity index (χ2n) is 4.39. The van der Waals surface area contributed by atoms with Gasteiger partial charge in [0.05, 0.1) is 12.4 Å². The van der Waals surface area contributed by atoms with Crippen molar-refractivity contribution in [1.29, 1.82) is 0 Å². The van der Waals surface area contributed by atoms with Crippen molar-refractivity contribution in [2.24, 2.45) is 0 Å². The zero-order chi connectivity index (χ0) is 11.7. The molecule has 3 heterocycles. The fourth-order valence-corrected chi connectivity index (χ4v) is 2.44. The van der Waals surface area contributed by atoms with Crippen molar-refractivity contribution in [3.05, 3.63) is 24.7 Å². The number of pyridine rings is 1. The van der Waals surface area contributed by atoms with Gasteiger partial charge in [0.1, 0.15) is 5.52 Å². The molecule has 0 bridgehead atoms. The Labute approximate surface area is 99.1 Å². The predicted octanol–water partition coefficient (Wildman–Crippen LogP) is 1.22. The van der Waals surface area contributed by atoms with Crippen LogP contribution in [0.4, 0.5) is 0 Å². The highest BCUT2D eigenvalue weighted by molar-refractivity contribution is 5.70. The number of nitrogens with zero attached hydrogens (tertiary/aromatic N) is 4. The summed E-state index contributed by atoms with van der Waals surface area (Å²) in [5.41, 5.74) is 1.82. The van der Waals surface area contributed by atoms with E-state index >= 15 is 0 Å². The molecule has 0 spiro atoms. The van der Waals surface area contributed by atoms with Crippen LogP contribution in [-0.4, -0.2) is 38.9 Å². The fraction of sp³-hybridized carbons (Fsp3) is 0.417. The van der Waals surface area contributed by atoms with Crippen LogP contribution in [0.3, 0.4) is 0 Å². The van der Waals surface area contributed by atoms with Crippen molar-refractivity contribution in [2.45, 2.75) is 18.9 Å². The summed E-state index contributed by atoms with van der Waals surface area (Å²) >= 11 is 0. The summed E-state index contributed by atoms with van der Waals surface area (Å²) in [6.45, 7) is 1.62. The molecular formula is C12H14N4O. The molecule has 3 rings (SSSR count). The molecule has 0 saturated carbocycles. The summed E-state index contributed by atoms with van der Waals surface area (Å²) in [7, 11) is 0. The van der Waals surface area contributed by atoms with Gasteiger partial charge in [0, 0.05) is 19.3 Å². The molecule has 2 aromatic rings. The van der Waals surface area contributed by atoms with E-state index in [1.165, 1.54) is 0 Å². The van der Waals surface area contributed by atoms with E-state index < -0.39 is 0 Å². The van der Waals surface area contributed by atoms with Gasteiger partial charge in [-0.3, -0.25) is 4.79 Å². The molecule has 1 amide bonds. The van der Waals surface area contributed by atoms with Gasteiger partial charge >= 0.3 is 0 Å². The average Bonchev–Trinajstić information content (AvgIpc) is 2.82. The standard InChI is InChI=1S/C12H14N4O/c17-9-15-6-2-3-10(7-15)16-8-14-11-4-1-5-13-12(11)16/h1,4-5,8-10H,2-3,6-7H2. The van der Waals surface area contributed by atoms with Crippen LogP contribution in [0.15, 0.2) is 24.7 Å². The van der Waals surface area contributed by atoms with Gasteiger partial charge in [0.25, 0.3) is 0 Å². The van der Waals surface area contributed by atoms with Crippen LogP contribution in [0, 0.1) is 0 Å². The number of hydrogen-bond acceptors (Lipinski definition) is 3. The number of likely N-dealkylation sites (tertiary alicyclic amines) is 1. The van der Waals surface area contributed by atoms with E-state index in [1.54, 1.807) is 6.20 Å². The van der Waals surface area contributed by atoms with Gasteiger partial charge in [-0.15, -0.1) is 0 Å². The quantitative estimate of drug-likeness (QED) is 0.729. The van der Waals surface area contributed by atoms with E-state index in [0.29, 0.717) is 6.04 Å². The Morgan fingerprint density at radius 1 is 1.41 bits per heavy atom. The monoisotopic (exact) mass is 230 g/mol. The molecule has 1 aliphatic heterocycles. The molecule has 5 nitrogen and oxygen atoms in total. The summed E-state index contributed by atoms with van der Waals surface area (Å²) in [5.74, 6) is 0. The van der Waals surface area contributed by atoms with E-state index in [-0.39, 0.29) is 0 Å². The summed E-state index contributed by atoms with van der Waals surface area (Å²) in [5, 5.41) is 0. The Kier molecular flexibility index (Phi) is 2.51. The molecule has 0 N–H and O–H groups in total. The Hall–Kier alpha value is -1.91. The SMILES string of the molecule is O=CN1CCCC(n2cnc3cccnc32)C1. The number of amides is 1. The van der Waals surface area contributed by atoms with Crippen molar-refractivity contribution in [3.8, 4) is 0 Å². The van der Waals surface area contributed by atoms with Crippen molar-refractivity contribution >= 4 is 17.6 Å². The minimum absolute atomic E-state index is 0.300. The number of carbonyl (C=O) groups excluding carboxylic acids is 1. The largest absolute Gasteiger partial charge is 0.343 e. The second-order valence-corrected chi connectivity index (χ2v) is 4.39. The van der Waals surface area contributed by atoms with Crippen LogP contribution < -0.4 is 0 Å². The van der Waals surface area contributed by atoms with E-state index in [2.05, 4.69) is 14.5 Å². The second kappa shape index (κ2) is 4.16. The third-order valence-electron chi connectivity index (χ3n) is 3.30. The van der Waals surface area contributed by atoms with Crippen LogP contribution in [0.5, 0.6) is 0 Å². The van der Waals surface area contributed by atoms with E-state index in [0.717, 1.165) is 43.5 Å². The lowest BCUT2D eigenvalue weighted by Gasteiger charge is -2.30. The number of hydrogen-bond donors (Lipinski definition) is 0. The van der Waals surface area contributed by atoms with Gasteiger partial charge < -0.3 is 9.47 Å². The molecule has 88 valence electrons. The molecule has 2 aromatic heterocycles. The number of carbonyl (C=O) groups is 1. The summed E-state index contributed by atoms with van der Waals surface area (Å²) in [4.78, 5) is 21.3. The van der Waals surface area contributed by atoms with Crippen molar-refractivity contribution in [2.75, 3.05) is 13.1 Å². The maximum absolute atomic E-state index is 10.8.